The molecule has 0 fully saturated rings. The topological polar surface area (TPSA) is 40.7 Å². The van der Waals surface area contributed by atoms with Crippen LogP contribution >= 0.6 is 0 Å². The normalized spacial score (nSPS) is 18.0. The molecule has 1 unspecified atom stereocenters. The minimum absolute atomic E-state index is 0.139. The largest absolute Gasteiger partial charge is 0.306 e. The fraction of sp³-hybridized carbons (Fsp3) is 0.357. The van der Waals surface area contributed by atoms with Gasteiger partial charge in [-0.25, -0.2) is 4.39 Å². The van der Waals surface area contributed by atoms with E-state index in [0.29, 0.717) is 6.04 Å². The van der Waals surface area contributed by atoms with Crippen molar-refractivity contribution in [3.05, 3.63) is 52.6 Å². The maximum Gasteiger partial charge on any atom is 0.123 e. The third kappa shape index (κ3) is 2.04. The Morgan fingerprint density at radius 1 is 1.50 bits per heavy atom. The molecule has 0 radical (unpaired) electrons. The Balaban J connectivity index is 1.71. The molecular formula is C14H16FN3. The van der Waals surface area contributed by atoms with E-state index >= 15 is 0 Å². The van der Waals surface area contributed by atoms with Gasteiger partial charge in [0.1, 0.15) is 5.82 Å². The van der Waals surface area contributed by atoms with Gasteiger partial charge in [-0.3, -0.25) is 5.10 Å². The van der Waals surface area contributed by atoms with Crippen molar-refractivity contribution < 1.29 is 4.39 Å². The molecule has 18 heavy (non-hydrogen) atoms. The highest BCUT2D eigenvalue weighted by molar-refractivity contribution is 5.35. The Bertz CT molecular complexity index is 562. The Labute approximate surface area is 105 Å². The second-order valence-electron chi connectivity index (χ2n) is 4.84. The van der Waals surface area contributed by atoms with Crippen LogP contribution in [-0.2, 0) is 13.0 Å². The van der Waals surface area contributed by atoms with Gasteiger partial charge >= 0.3 is 0 Å². The van der Waals surface area contributed by atoms with E-state index in [0.717, 1.165) is 30.6 Å². The standard InChI is InChI=1S/C14H16FN3/c1-9-11(8-17-18-9)7-16-14-5-2-10-6-12(15)3-4-13(10)14/h3-4,6,8,14,16H,2,5,7H2,1H3,(H,17,18). The molecule has 1 aromatic carbocycles. The zero-order chi connectivity index (χ0) is 12.5. The quantitative estimate of drug-likeness (QED) is 0.872. The predicted octanol–water partition coefficient (Wildman–Crippen LogP) is 2.63. The number of H-pyrrole nitrogens is 1. The van der Waals surface area contributed by atoms with Gasteiger partial charge in [-0.1, -0.05) is 6.07 Å². The molecule has 1 aliphatic rings. The molecule has 1 aromatic heterocycles. The molecule has 0 amide bonds. The third-order valence-corrected chi connectivity index (χ3v) is 3.66. The fourth-order valence-corrected chi connectivity index (χ4v) is 2.59. The third-order valence-electron chi connectivity index (χ3n) is 3.66. The average Bonchev–Trinajstić information content (AvgIpc) is 2.93. The van der Waals surface area contributed by atoms with Crippen molar-refractivity contribution in [1.29, 1.82) is 0 Å². The summed E-state index contributed by atoms with van der Waals surface area (Å²) in [4.78, 5) is 0. The van der Waals surface area contributed by atoms with E-state index in [1.807, 2.05) is 19.2 Å². The second-order valence-corrected chi connectivity index (χ2v) is 4.84. The van der Waals surface area contributed by atoms with Gasteiger partial charge in [-0.05, 0) is 43.0 Å². The number of halogens is 1. The summed E-state index contributed by atoms with van der Waals surface area (Å²) in [6.07, 6.45) is 3.84. The van der Waals surface area contributed by atoms with E-state index in [1.165, 1.54) is 11.1 Å². The number of nitrogens with one attached hydrogen (secondary N) is 2. The Kier molecular flexibility index (Phi) is 2.88. The van der Waals surface area contributed by atoms with Gasteiger partial charge in [0.2, 0.25) is 0 Å². The first-order valence-corrected chi connectivity index (χ1v) is 6.24. The lowest BCUT2D eigenvalue weighted by molar-refractivity contribution is 0.529. The maximum absolute atomic E-state index is 13.1. The monoisotopic (exact) mass is 245 g/mol. The number of nitrogens with zero attached hydrogens (tertiary/aromatic N) is 1. The highest BCUT2D eigenvalue weighted by Crippen LogP contribution is 2.31. The summed E-state index contributed by atoms with van der Waals surface area (Å²) in [5.74, 6) is -0.139. The number of hydrogen-bond acceptors (Lipinski definition) is 2. The lowest BCUT2D eigenvalue weighted by Crippen LogP contribution is -2.18. The number of aromatic nitrogens is 2. The van der Waals surface area contributed by atoms with Crippen LogP contribution in [0.15, 0.2) is 24.4 Å². The number of aryl methyl sites for hydroxylation is 2. The Morgan fingerprint density at radius 2 is 2.39 bits per heavy atom. The molecule has 3 rings (SSSR count). The van der Waals surface area contributed by atoms with Crippen LogP contribution in [0.4, 0.5) is 4.39 Å². The van der Waals surface area contributed by atoms with Gasteiger partial charge in [-0.2, -0.15) is 5.10 Å². The zero-order valence-electron chi connectivity index (χ0n) is 10.3. The average molecular weight is 245 g/mol. The fourth-order valence-electron chi connectivity index (χ4n) is 2.59. The Morgan fingerprint density at radius 3 is 3.17 bits per heavy atom. The van der Waals surface area contributed by atoms with Gasteiger partial charge < -0.3 is 5.32 Å². The van der Waals surface area contributed by atoms with E-state index in [9.17, 15) is 4.39 Å². The van der Waals surface area contributed by atoms with Crippen molar-refractivity contribution >= 4 is 0 Å². The number of rotatable bonds is 3. The van der Waals surface area contributed by atoms with Crippen LogP contribution in [-0.4, -0.2) is 10.2 Å². The van der Waals surface area contributed by atoms with Gasteiger partial charge in [0.25, 0.3) is 0 Å². The SMILES string of the molecule is Cc1[nH]ncc1CNC1CCc2cc(F)ccc21. The minimum atomic E-state index is -0.139. The van der Waals surface area contributed by atoms with Crippen LogP contribution in [0.3, 0.4) is 0 Å². The molecule has 0 saturated heterocycles. The van der Waals surface area contributed by atoms with Gasteiger partial charge in [-0.15, -0.1) is 0 Å². The van der Waals surface area contributed by atoms with E-state index < -0.39 is 0 Å². The summed E-state index contributed by atoms with van der Waals surface area (Å²) in [6, 6.07) is 5.43. The van der Waals surface area contributed by atoms with Crippen molar-refractivity contribution in [2.24, 2.45) is 0 Å². The first-order chi connectivity index (χ1) is 8.74. The number of aromatic amines is 1. The van der Waals surface area contributed by atoms with Crippen molar-refractivity contribution in [2.45, 2.75) is 32.4 Å². The minimum Gasteiger partial charge on any atom is -0.306 e. The summed E-state index contributed by atoms with van der Waals surface area (Å²) in [5, 5.41) is 10.5. The molecule has 3 nitrogen and oxygen atoms in total. The molecular weight excluding hydrogens is 229 g/mol. The van der Waals surface area contributed by atoms with Crippen molar-refractivity contribution in [3.8, 4) is 0 Å². The maximum atomic E-state index is 13.1. The predicted molar refractivity (Wildman–Crippen MR) is 67.6 cm³/mol. The van der Waals surface area contributed by atoms with Gasteiger partial charge in [0.05, 0.1) is 6.20 Å². The molecule has 0 spiro atoms. The summed E-state index contributed by atoms with van der Waals surface area (Å²) in [5.41, 5.74) is 4.65. The number of hydrogen-bond donors (Lipinski definition) is 2. The molecule has 1 aliphatic carbocycles. The van der Waals surface area contributed by atoms with E-state index in [1.54, 1.807) is 12.1 Å². The van der Waals surface area contributed by atoms with E-state index in [2.05, 4.69) is 15.5 Å². The van der Waals surface area contributed by atoms with E-state index in [-0.39, 0.29) is 5.82 Å². The Hall–Kier alpha value is -1.68. The molecule has 0 saturated carbocycles. The summed E-state index contributed by atoms with van der Waals surface area (Å²) < 4.78 is 13.1. The lowest BCUT2D eigenvalue weighted by Gasteiger charge is -2.13. The second kappa shape index (κ2) is 4.53. The lowest BCUT2D eigenvalue weighted by atomic mass is 10.1. The summed E-state index contributed by atoms with van der Waals surface area (Å²) >= 11 is 0. The van der Waals surface area contributed by atoms with Crippen LogP contribution in [0.2, 0.25) is 0 Å². The van der Waals surface area contributed by atoms with Crippen LogP contribution in [0, 0.1) is 12.7 Å². The van der Waals surface area contributed by atoms with Crippen LogP contribution in [0.5, 0.6) is 0 Å². The highest BCUT2D eigenvalue weighted by atomic mass is 19.1. The molecule has 1 heterocycles. The van der Waals surface area contributed by atoms with Crippen LogP contribution in [0.25, 0.3) is 0 Å². The molecule has 2 aromatic rings. The molecule has 4 heteroatoms. The number of fused-ring (bicyclic) bond motifs is 1. The zero-order valence-corrected chi connectivity index (χ0v) is 10.3. The van der Waals surface area contributed by atoms with Crippen molar-refractivity contribution in [3.63, 3.8) is 0 Å². The molecule has 0 aliphatic heterocycles. The first kappa shape index (κ1) is 11.4. The van der Waals surface area contributed by atoms with Crippen molar-refractivity contribution in [2.75, 3.05) is 0 Å². The summed E-state index contributed by atoms with van der Waals surface area (Å²) in [6.45, 7) is 2.81. The summed E-state index contributed by atoms with van der Waals surface area (Å²) in [7, 11) is 0. The smallest absolute Gasteiger partial charge is 0.123 e. The highest BCUT2D eigenvalue weighted by Gasteiger charge is 2.22. The first-order valence-electron chi connectivity index (χ1n) is 6.24. The van der Waals surface area contributed by atoms with E-state index in [4.69, 9.17) is 0 Å². The van der Waals surface area contributed by atoms with Gasteiger partial charge in [0.15, 0.2) is 0 Å². The molecule has 0 bridgehead atoms. The number of benzene rings is 1. The molecule has 2 N–H and O–H groups in total. The van der Waals surface area contributed by atoms with Gasteiger partial charge in [0, 0.05) is 23.8 Å². The van der Waals surface area contributed by atoms with Crippen LogP contribution < -0.4 is 5.32 Å². The molecule has 94 valence electrons. The molecule has 1 atom stereocenters. The van der Waals surface area contributed by atoms with Crippen molar-refractivity contribution in [1.82, 2.24) is 15.5 Å². The van der Waals surface area contributed by atoms with Crippen LogP contribution in [0.1, 0.15) is 34.8 Å².